The van der Waals surface area contributed by atoms with E-state index in [4.69, 9.17) is 16.3 Å². The smallest absolute Gasteiger partial charge is 0.416 e. The van der Waals surface area contributed by atoms with Crippen LogP contribution in [0.4, 0.5) is 27.6 Å². The van der Waals surface area contributed by atoms with E-state index in [2.05, 4.69) is 10.1 Å². The van der Waals surface area contributed by atoms with Gasteiger partial charge in [0, 0.05) is 5.56 Å². The molecule has 0 radical (unpaired) electrons. The van der Waals surface area contributed by atoms with Crippen LogP contribution in [0.1, 0.15) is 27.6 Å². The van der Waals surface area contributed by atoms with Crippen molar-refractivity contribution in [2.24, 2.45) is 0 Å². The van der Waals surface area contributed by atoms with Crippen LogP contribution in [-0.2, 0) is 15.7 Å². The Labute approximate surface area is 195 Å². The lowest BCUT2D eigenvalue weighted by Crippen LogP contribution is -2.26. The van der Waals surface area contributed by atoms with Crippen LogP contribution < -0.4 is 10.1 Å². The molecule has 1 amide bonds. The summed E-state index contributed by atoms with van der Waals surface area (Å²) in [6.07, 6.45) is -6.28. The van der Waals surface area contributed by atoms with Gasteiger partial charge in [-0.1, -0.05) is 48.0 Å². The van der Waals surface area contributed by atoms with E-state index < -0.39 is 36.3 Å². The highest BCUT2D eigenvalue weighted by Gasteiger charge is 2.32. The van der Waals surface area contributed by atoms with E-state index >= 15 is 0 Å². The van der Waals surface area contributed by atoms with Gasteiger partial charge in [0.2, 0.25) is 6.10 Å². The Hall–Kier alpha value is -3.66. The molecule has 1 atom stereocenters. The monoisotopic (exact) mass is 499 g/mol. The Morgan fingerprint density at radius 1 is 0.912 bits per heavy atom. The number of amides is 1. The summed E-state index contributed by atoms with van der Waals surface area (Å²) in [6, 6.07) is 14.7. The number of hydrogen-bond acceptors (Lipinski definition) is 4. The molecule has 0 saturated heterocycles. The molecule has 1 N–H and O–H groups in total. The van der Waals surface area contributed by atoms with Crippen molar-refractivity contribution in [3.63, 3.8) is 0 Å². The highest BCUT2D eigenvalue weighted by Crippen LogP contribution is 2.34. The first-order valence-electron chi connectivity index (χ1n) is 9.53. The van der Waals surface area contributed by atoms with Crippen LogP contribution in [0, 0.1) is 0 Å². The Morgan fingerprint density at radius 3 is 2.26 bits per heavy atom. The molecule has 3 aromatic rings. The SMILES string of the molecule is O=C(OC(C(=O)Nc1cc(C(F)(F)F)ccc1Cl)c1ccccc1)c1cccc(OC(F)F)c1. The van der Waals surface area contributed by atoms with Gasteiger partial charge < -0.3 is 14.8 Å². The molecule has 3 rings (SSSR count). The third kappa shape index (κ3) is 6.44. The van der Waals surface area contributed by atoms with E-state index in [9.17, 15) is 31.5 Å². The molecular formula is C23H15ClF5NO4. The summed E-state index contributed by atoms with van der Waals surface area (Å²) >= 11 is 5.94. The quantitative estimate of drug-likeness (QED) is 0.298. The lowest BCUT2D eigenvalue weighted by molar-refractivity contribution is -0.137. The fourth-order valence-corrected chi connectivity index (χ4v) is 3.04. The van der Waals surface area contributed by atoms with Crippen molar-refractivity contribution in [1.82, 2.24) is 0 Å². The molecule has 0 heterocycles. The first kappa shape index (κ1) is 25.0. The Bertz CT molecular complexity index is 1170. The van der Waals surface area contributed by atoms with E-state index in [0.717, 1.165) is 18.2 Å². The number of benzene rings is 3. The number of anilines is 1. The van der Waals surface area contributed by atoms with Crippen molar-refractivity contribution in [2.45, 2.75) is 18.9 Å². The van der Waals surface area contributed by atoms with Gasteiger partial charge in [0.1, 0.15) is 5.75 Å². The average Bonchev–Trinajstić information content (AvgIpc) is 2.78. The standard InChI is InChI=1S/C23H15ClF5NO4/c24-17-10-9-15(23(27,28)29)12-18(17)30-20(31)19(13-5-2-1-3-6-13)34-21(32)14-7-4-8-16(11-14)33-22(25)26/h1-12,19,22H,(H,30,31). The van der Waals surface area contributed by atoms with Crippen molar-refractivity contribution < 1.29 is 41.0 Å². The van der Waals surface area contributed by atoms with E-state index in [-0.39, 0.29) is 27.6 Å². The molecule has 0 spiro atoms. The summed E-state index contributed by atoms with van der Waals surface area (Å²) in [5, 5.41) is 2.07. The molecule has 0 fully saturated rings. The van der Waals surface area contributed by atoms with Crippen LogP contribution in [0.25, 0.3) is 0 Å². The zero-order valence-electron chi connectivity index (χ0n) is 17.0. The molecular weight excluding hydrogens is 485 g/mol. The highest BCUT2D eigenvalue weighted by atomic mass is 35.5. The number of alkyl halides is 5. The topological polar surface area (TPSA) is 64.6 Å². The lowest BCUT2D eigenvalue weighted by Gasteiger charge is -2.19. The van der Waals surface area contributed by atoms with Crippen LogP contribution >= 0.6 is 11.6 Å². The van der Waals surface area contributed by atoms with Crippen LogP contribution in [0.15, 0.2) is 72.8 Å². The molecule has 0 bridgehead atoms. The summed E-state index contributed by atoms with van der Waals surface area (Å²) in [5.41, 5.74) is -1.37. The second kappa shape index (κ2) is 10.5. The number of esters is 1. The molecule has 0 aromatic heterocycles. The van der Waals surface area contributed by atoms with Gasteiger partial charge in [-0.2, -0.15) is 22.0 Å². The molecule has 0 aliphatic heterocycles. The fraction of sp³-hybridized carbons (Fsp3) is 0.130. The van der Waals surface area contributed by atoms with E-state index in [1.165, 1.54) is 30.3 Å². The van der Waals surface area contributed by atoms with Gasteiger partial charge in [0.25, 0.3) is 5.91 Å². The van der Waals surface area contributed by atoms with E-state index in [1.807, 2.05) is 0 Å². The molecule has 0 saturated carbocycles. The zero-order chi connectivity index (χ0) is 24.9. The first-order chi connectivity index (χ1) is 16.0. The molecule has 5 nitrogen and oxygen atoms in total. The van der Waals surface area contributed by atoms with E-state index in [1.54, 1.807) is 18.2 Å². The van der Waals surface area contributed by atoms with Crippen molar-refractivity contribution in [3.05, 3.63) is 94.5 Å². The predicted molar refractivity (Wildman–Crippen MR) is 113 cm³/mol. The Kier molecular flexibility index (Phi) is 7.72. The molecule has 0 aliphatic rings. The highest BCUT2D eigenvalue weighted by molar-refractivity contribution is 6.33. The minimum absolute atomic E-state index is 0.170. The maximum absolute atomic E-state index is 13.0. The molecule has 178 valence electrons. The van der Waals surface area contributed by atoms with Gasteiger partial charge >= 0.3 is 18.8 Å². The molecule has 1 unspecified atom stereocenters. The summed E-state index contributed by atoms with van der Waals surface area (Å²) in [4.78, 5) is 25.6. The summed E-state index contributed by atoms with van der Waals surface area (Å²) in [7, 11) is 0. The van der Waals surface area contributed by atoms with Gasteiger partial charge in [0.05, 0.1) is 21.8 Å². The third-order valence-corrected chi connectivity index (χ3v) is 4.74. The molecule has 34 heavy (non-hydrogen) atoms. The largest absolute Gasteiger partial charge is 0.444 e. The second-order valence-electron chi connectivity index (χ2n) is 6.78. The second-order valence-corrected chi connectivity index (χ2v) is 7.19. The third-order valence-electron chi connectivity index (χ3n) is 4.41. The normalized spacial score (nSPS) is 12.2. The molecule has 3 aromatic carbocycles. The average molecular weight is 500 g/mol. The van der Waals surface area contributed by atoms with Crippen molar-refractivity contribution >= 4 is 29.2 Å². The van der Waals surface area contributed by atoms with Crippen molar-refractivity contribution in [3.8, 4) is 5.75 Å². The summed E-state index contributed by atoms with van der Waals surface area (Å²) < 4.78 is 73.6. The van der Waals surface area contributed by atoms with E-state index in [0.29, 0.717) is 6.07 Å². The van der Waals surface area contributed by atoms with Crippen molar-refractivity contribution in [1.29, 1.82) is 0 Å². The number of nitrogens with one attached hydrogen (secondary N) is 1. The van der Waals surface area contributed by atoms with Crippen molar-refractivity contribution in [2.75, 3.05) is 5.32 Å². The van der Waals surface area contributed by atoms with Gasteiger partial charge in [-0.25, -0.2) is 4.79 Å². The summed E-state index contributed by atoms with van der Waals surface area (Å²) in [5.74, 6) is -2.35. The number of rotatable bonds is 7. The maximum Gasteiger partial charge on any atom is 0.416 e. The first-order valence-corrected chi connectivity index (χ1v) is 9.91. The van der Waals surface area contributed by atoms with Gasteiger partial charge in [0.15, 0.2) is 0 Å². The van der Waals surface area contributed by atoms with Gasteiger partial charge in [-0.3, -0.25) is 4.79 Å². The Morgan fingerprint density at radius 2 is 1.62 bits per heavy atom. The number of halogens is 6. The number of carbonyl (C=O) groups excluding carboxylic acids is 2. The number of hydrogen-bond donors (Lipinski definition) is 1. The fourth-order valence-electron chi connectivity index (χ4n) is 2.87. The zero-order valence-corrected chi connectivity index (χ0v) is 17.7. The van der Waals surface area contributed by atoms with Crippen LogP contribution in [-0.4, -0.2) is 18.5 Å². The molecule has 11 heteroatoms. The minimum atomic E-state index is -4.68. The van der Waals surface area contributed by atoms with Crippen LogP contribution in [0.3, 0.4) is 0 Å². The summed E-state index contributed by atoms with van der Waals surface area (Å²) in [6.45, 7) is -3.12. The lowest BCUT2D eigenvalue weighted by atomic mass is 10.1. The number of ether oxygens (including phenoxy) is 2. The number of carbonyl (C=O) groups is 2. The van der Waals surface area contributed by atoms with Crippen LogP contribution in [0.2, 0.25) is 5.02 Å². The Balaban J connectivity index is 1.88. The predicted octanol–water partition coefficient (Wildman–Crippen LogP) is 6.50. The van der Waals surface area contributed by atoms with Gasteiger partial charge in [-0.05, 0) is 36.4 Å². The molecule has 0 aliphatic carbocycles. The van der Waals surface area contributed by atoms with Gasteiger partial charge in [-0.15, -0.1) is 0 Å². The van der Waals surface area contributed by atoms with Crippen LogP contribution in [0.5, 0.6) is 5.75 Å². The maximum atomic E-state index is 13.0. The minimum Gasteiger partial charge on any atom is -0.444 e.